The molecule has 1 N–H and O–H groups in total. The van der Waals surface area contributed by atoms with E-state index in [2.05, 4.69) is 15.5 Å². The van der Waals surface area contributed by atoms with Gasteiger partial charge >= 0.3 is 0 Å². The highest BCUT2D eigenvalue weighted by Crippen LogP contribution is 2.20. The zero-order valence-corrected chi connectivity index (χ0v) is 14.9. The zero-order valence-electron chi connectivity index (χ0n) is 14.9. The molecule has 0 unspecified atom stereocenters. The van der Waals surface area contributed by atoms with Gasteiger partial charge in [-0.1, -0.05) is 35.5 Å². The van der Waals surface area contributed by atoms with Crippen molar-refractivity contribution < 1.29 is 9.32 Å². The predicted octanol–water partition coefficient (Wildman–Crippen LogP) is 3.90. The van der Waals surface area contributed by atoms with Crippen LogP contribution in [-0.4, -0.2) is 16.0 Å². The number of benzene rings is 2. The van der Waals surface area contributed by atoms with Crippen LogP contribution in [-0.2, 0) is 6.54 Å². The van der Waals surface area contributed by atoms with Crippen LogP contribution in [0.2, 0.25) is 0 Å². The Morgan fingerprint density at radius 3 is 2.48 bits per heavy atom. The van der Waals surface area contributed by atoms with Gasteiger partial charge in [-0.3, -0.25) is 4.79 Å². The first-order chi connectivity index (χ1) is 12.0. The number of carbonyl (C=O) groups excluding carboxylic acids is 1. The monoisotopic (exact) mass is 335 g/mol. The van der Waals surface area contributed by atoms with E-state index in [9.17, 15) is 4.79 Å². The van der Waals surface area contributed by atoms with E-state index in [0.29, 0.717) is 17.3 Å². The number of aromatic nitrogens is 2. The van der Waals surface area contributed by atoms with Gasteiger partial charge in [-0.15, -0.1) is 0 Å². The van der Waals surface area contributed by atoms with E-state index in [4.69, 9.17) is 4.52 Å². The highest BCUT2D eigenvalue weighted by atomic mass is 16.5. The molecule has 0 aliphatic rings. The van der Waals surface area contributed by atoms with Crippen molar-refractivity contribution in [3.8, 4) is 11.4 Å². The molecule has 0 saturated heterocycles. The summed E-state index contributed by atoms with van der Waals surface area (Å²) in [5.74, 6) is 0.772. The lowest BCUT2D eigenvalue weighted by Crippen LogP contribution is -2.24. The molecule has 1 heterocycles. The van der Waals surface area contributed by atoms with Crippen molar-refractivity contribution in [2.45, 2.75) is 34.2 Å². The maximum Gasteiger partial charge on any atom is 0.251 e. The maximum atomic E-state index is 12.4. The molecule has 0 aliphatic carbocycles. The van der Waals surface area contributed by atoms with Gasteiger partial charge in [-0.05, 0) is 56.0 Å². The van der Waals surface area contributed by atoms with Crippen molar-refractivity contribution in [2.75, 3.05) is 0 Å². The molecule has 0 atom stereocenters. The molecule has 0 spiro atoms. The largest absolute Gasteiger partial charge is 0.343 e. The number of carbonyl (C=O) groups is 1. The molecule has 128 valence electrons. The lowest BCUT2D eigenvalue weighted by Gasteiger charge is -2.09. The van der Waals surface area contributed by atoms with Crippen molar-refractivity contribution in [1.29, 1.82) is 0 Å². The van der Waals surface area contributed by atoms with Crippen molar-refractivity contribution in [3.05, 3.63) is 70.1 Å². The first kappa shape index (κ1) is 16.9. The fraction of sp³-hybridized carbons (Fsp3) is 0.250. The number of hydrogen-bond acceptors (Lipinski definition) is 4. The summed E-state index contributed by atoms with van der Waals surface area (Å²) in [5, 5.41) is 6.85. The van der Waals surface area contributed by atoms with Crippen molar-refractivity contribution in [1.82, 2.24) is 15.5 Å². The van der Waals surface area contributed by atoms with Gasteiger partial charge in [-0.2, -0.15) is 4.98 Å². The Balaban J connectivity index is 1.72. The minimum Gasteiger partial charge on any atom is -0.343 e. The summed E-state index contributed by atoms with van der Waals surface area (Å²) in [6.45, 7) is 8.16. The molecular formula is C20H21N3O2. The Morgan fingerprint density at radius 2 is 1.72 bits per heavy atom. The summed E-state index contributed by atoms with van der Waals surface area (Å²) in [6, 6.07) is 11.8. The van der Waals surface area contributed by atoms with Crippen molar-refractivity contribution in [2.24, 2.45) is 0 Å². The fourth-order valence-corrected chi connectivity index (χ4v) is 2.72. The van der Waals surface area contributed by atoms with Gasteiger partial charge in [0.25, 0.3) is 5.91 Å². The summed E-state index contributed by atoms with van der Waals surface area (Å²) in [6.07, 6.45) is 0. The van der Waals surface area contributed by atoms with Gasteiger partial charge < -0.3 is 9.84 Å². The maximum absolute atomic E-state index is 12.4. The number of rotatable bonds is 4. The van der Waals surface area contributed by atoms with Gasteiger partial charge in [0.1, 0.15) is 0 Å². The lowest BCUT2D eigenvalue weighted by molar-refractivity contribution is 0.0945. The Hall–Kier alpha value is -2.95. The molecule has 25 heavy (non-hydrogen) atoms. The quantitative estimate of drug-likeness (QED) is 0.785. The second-order valence-electron chi connectivity index (χ2n) is 6.26. The molecule has 2 aromatic carbocycles. The molecule has 0 aliphatic heterocycles. The van der Waals surface area contributed by atoms with E-state index >= 15 is 0 Å². The van der Waals surface area contributed by atoms with Gasteiger partial charge in [0.05, 0.1) is 6.54 Å². The van der Waals surface area contributed by atoms with E-state index in [1.165, 1.54) is 5.56 Å². The van der Waals surface area contributed by atoms with Crippen LogP contribution in [0.1, 0.15) is 38.5 Å². The SMILES string of the molecule is Cc1cc(C)c(C(=O)NCc2nc(-c3ccccc3C)no2)cc1C. The van der Waals surface area contributed by atoms with Crippen LogP contribution in [0.3, 0.4) is 0 Å². The summed E-state index contributed by atoms with van der Waals surface area (Å²) >= 11 is 0. The molecule has 0 radical (unpaired) electrons. The van der Waals surface area contributed by atoms with Crippen LogP contribution in [0, 0.1) is 27.7 Å². The summed E-state index contributed by atoms with van der Waals surface area (Å²) in [5.41, 5.74) is 5.89. The van der Waals surface area contributed by atoms with Crippen molar-refractivity contribution in [3.63, 3.8) is 0 Å². The first-order valence-electron chi connectivity index (χ1n) is 8.20. The number of nitrogens with zero attached hydrogens (tertiary/aromatic N) is 2. The average molecular weight is 335 g/mol. The second-order valence-corrected chi connectivity index (χ2v) is 6.26. The topological polar surface area (TPSA) is 68.0 Å². The molecule has 0 bridgehead atoms. The molecular weight excluding hydrogens is 314 g/mol. The molecule has 3 rings (SSSR count). The highest BCUT2D eigenvalue weighted by molar-refractivity contribution is 5.95. The normalized spacial score (nSPS) is 10.7. The number of hydrogen-bond donors (Lipinski definition) is 1. The number of nitrogens with one attached hydrogen (secondary N) is 1. The van der Waals surface area contributed by atoms with E-state index in [1.807, 2.05) is 64.1 Å². The highest BCUT2D eigenvalue weighted by Gasteiger charge is 2.14. The molecule has 0 fully saturated rings. The standard InChI is InChI=1S/C20H21N3O2/c1-12-7-5-6-8-16(12)19-22-18(25-23-19)11-21-20(24)17-10-14(3)13(2)9-15(17)4/h5-10H,11H2,1-4H3,(H,21,24). The van der Waals surface area contributed by atoms with Gasteiger partial charge in [0.2, 0.25) is 11.7 Å². The molecule has 1 amide bonds. The fourth-order valence-electron chi connectivity index (χ4n) is 2.72. The lowest BCUT2D eigenvalue weighted by atomic mass is 10.0. The van der Waals surface area contributed by atoms with E-state index in [1.54, 1.807) is 0 Å². The van der Waals surface area contributed by atoms with Crippen LogP contribution >= 0.6 is 0 Å². The van der Waals surface area contributed by atoms with Gasteiger partial charge in [-0.25, -0.2) is 0 Å². The van der Waals surface area contributed by atoms with Crippen LogP contribution < -0.4 is 5.32 Å². The second kappa shape index (κ2) is 6.89. The average Bonchev–Trinajstić information content (AvgIpc) is 3.05. The summed E-state index contributed by atoms with van der Waals surface area (Å²) < 4.78 is 5.26. The third-order valence-corrected chi connectivity index (χ3v) is 4.34. The Morgan fingerprint density at radius 1 is 1.00 bits per heavy atom. The molecule has 0 saturated carbocycles. The third kappa shape index (κ3) is 3.60. The first-order valence-corrected chi connectivity index (χ1v) is 8.20. The van der Waals surface area contributed by atoms with Crippen LogP contribution in [0.15, 0.2) is 40.9 Å². The Kier molecular flexibility index (Phi) is 4.65. The van der Waals surface area contributed by atoms with Crippen molar-refractivity contribution >= 4 is 5.91 Å². The molecule has 5 heteroatoms. The van der Waals surface area contributed by atoms with Gasteiger partial charge in [0, 0.05) is 11.1 Å². The smallest absolute Gasteiger partial charge is 0.251 e. The Labute approximate surface area is 147 Å². The van der Waals surface area contributed by atoms with E-state index in [-0.39, 0.29) is 12.5 Å². The molecule has 3 aromatic rings. The van der Waals surface area contributed by atoms with E-state index < -0.39 is 0 Å². The minimum atomic E-state index is -0.142. The number of amides is 1. The number of aryl methyl sites for hydroxylation is 4. The van der Waals surface area contributed by atoms with Gasteiger partial charge in [0.15, 0.2) is 0 Å². The zero-order chi connectivity index (χ0) is 18.0. The molecule has 1 aromatic heterocycles. The summed E-state index contributed by atoms with van der Waals surface area (Å²) in [7, 11) is 0. The molecule has 5 nitrogen and oxygen atoms in total. The van der Waals surface area contributed by atoms with E-state index in [0.717, 1.165) is 22.3 Å². The van der Waals surface area contributed by atoms with Crippen LogP contribution in [0.4, 0.5) is 0 Å². The minimum absolute atomic E-state index is 0.142. The van der Waals surface area contributed by atoms with Crippen LogP contribution in [0.5, 0.6) is 0 Å². The Bertz CT molecular complexity index is 928. The van der Waals surface area contributed by atoms with Crippen LogP contribution in [0.25, 0.3) is 11.4 Å². The summed E-state index contributed by atoms with van der Waals surface area (Å²) in [4.78, 5) is 16.8. The predicted molar refractivity (Wildman–Crippen MR) is 96.3 cm³/mol. The third-order valence-electron chi connectivity index (χ3n) is 4.34.